The molecule has 0 saturated carbocycles. The van der Waals surface area contributed by atoms with Crippen molar-refractivity contribution in [2.75, 3.05) is 26.8 Å². The standard InChI is InChI=1S/C45H57N3O2/c1-7-9-20-42-44(47-43(31-34(3)8-2)48(42)38-23-27-40(28-24-38)50-33-45(4,5)32-46-6)37-21-25-39(26-22-37)49-30-29-41(35-16-12-10-13-17-35)36-18-14-11-15-19-36/h10-19,21-28,34,41,46H,7-9,20,29-33H2,1-6H3. The molecular formula is C45H57N3O2. The number of hydrogen-bond donors (Lipinski definition) is 1. The van der Waals surface area contributed by atoms with Gasteiger partial charge in [0.15, 0.2) is 0 Å². The number of benzene rings is 4. The number of rotatable bonds is 19. The lowest BCUT2D eigenvalue weighted by atomic mass is 9.89. The van der Waals surface area contributed by atoms with Gasteiger partial charge in [0, 0.05) is 35.5 Å². The number of hydrogen-bond acceptors (Lipinski definition) is 4. The Morgan fingerprint density at radius 3 is 1.96 bits per heavy atom. The second-order valence-electron chi connectivity index (χ2n) is 14.5. The van der Waals surface area contributed by atoms with Crippen LogP contribution in [0.5, 0.6) is 11.5 Å². The third kappa shape index (κ3) is 9.88. The molecule has 0 bridgehead atoms. The summed E-state index contributed by atoms with van der Waals surface area (Å²) in [6.45, 7) is 13.5. The summed E-state index contributed by atoms with van der Waals surface area (Å²) in [6.07, 6.45) is 6.14. The highest BCUT2D eigenvalue weighted by Crippen LogP contribution is 2.33. The van der Waals surface area contributed by atoms with Crippen LogP contribution < -0.4 is 14.8 Å². The molecule has 0 aliphatic carbocycles. The first kappa shape index (κ1) is 36.9. The minimum atomic E-state index is 0.0524. The van der Waals surface area contributed by atoms with Crippen LogP contribution in [0.15, 0.2) is 109 Å². The van der Waals surface area contributed by atoms with Crippen LogP contribution in [0.1, 0.15) is 88.9 Å². The molecule has 0 saturated heterocycles. The van der Waals surface area contributed by atoms with Gasteiger partial charge >= 0.3 is 0 Å². The molecule has 0 fully saturated rings. The number of imidazole rings is 1. The van der Waals surface area contributed by atoms with Crippen molar-refractivity contribution >= 4 is 0 Å². The van der Waals surface area contributed by atoms with Crippen LogP contribution in [0.25, 0.3) is 16.9 Å². The van der Waals surface area contributed by atoms with E-state index in [1.165, 1.54) is 16.8 Å². The van der Waals surface area contributed by atoms with Gasteiger partial charge in [-0.2, -0.15) is 0 Å². The van der Waals surface area contributed by atoms with Crippen molar-refractivity contribution in [2.24, 2.45) is 11.3 Å². The van der Waals surface area contributed by atoms with Crippen molar-refractivity contribution in [2.45, 2.75) is 79.1 Å². The number of aromatic nitrogens is 2. The zero-order valence-corrected chi connectivity index (χ0v) is 31.1. The molecule has 1 atom stereocenters. The molecule has 5 heteroatoms. The molecule has 5 aromatic rings. The average molecular weight is 672 g/mol. The highest BCUT2D eigenvalue weighted by molar-refractivity contribution is 5.65. The maximum atomic E-state index is 6.36. The van der Waals surface area contributed by atoms with Gasteiger partial charge in [-0.3, -0.25) is 0 Å². The van der Waals surface area contributed by atoms with E-state index in [2.05, 4.69) is 154 Å². The molecule has 0 spiro atoms. The van der Waals surface area contributed by atoms with E-state index in [1.807, 2.05) is 7.05 Å². The SMILES string of the molecule is CCCCc1c(-c2ccc(OCCC(c3ccccc3)c3ccccc3)cc2)nc(CC(C)CC)n1-c1ccc(OCC(C)(C)CNC)cc1. The monoisotopic (exact) mass is 671 g/mol. The Morgan fingerprint density at radius 2 is 1.38 bits per heavy atom. The number of nitrogens with zero attached hydrogens (tertiary/aromatic N) is 2. The number of unbranched alkanes of at least 4 members (excludes halogenated alkanes) is 1. The molecule has 5 nitrogen and oxygen atoms in total. The van der Waals surface area contributed by atoms with E-state index in [0.29, 0.717) is 19.1 Å². The van der Waals surface area contributed by atoms with E-state index in [0.717, 1.165) is 79.3 Å². The van der Waals surface area contributed by atoms with E-state index < -0.39 is 0 Å². The molecule has 1 unspecified atom stereocenters. The fraction of sp³-hybridized carbons (Fsp3) is 0.400. The summed E-state index contributed by atoms with van der Waals surface area (Å²) in [4.78, 5) is 5.38. The molecule has 5 rings (SSSR count). The normalized spacial score (nSPS) is 12.3. The Balaban J connectivity index is 1.37. The Morgan fingerprint density at radius 1 is 0.780 bits per heavy atom. The molecular weight excluding hydrogens is 615 g/mol. The van der Waals surface area contributed by atoms with Gasteiger partial charge in [-0.25, -0.2) is 4.98 Å². The smallest absolute Gasteiger partial charge is 0.119 e. The summed E-state index contributed by atoms with van der Waals surface area (Å²) in [5.41, 5.74) is 7.30. The van der Waals surface area contributed by atoms with E-state index in [9.17, 15) is 0 Å². The van der Waals surface area contributed by atoms with Gasteiger partial charge in [-0.05, 0) is 91.9 Å². The molecule has 1 aromatic heterocycles. The van der Waals surface area contributed by atoms with Gasteiger partial charge in [0.1, 0.15) is 17.3 Å². The maximum Gasteiger partial charge on any atom is 0.119 e. The zero-order valence-electron chi connectivity index (χ0n) is 31.1. The molecule has 1 N–H and O–H groups in total. The highest BCUT2D eigenvalue weighted by atomic mass is 16.5. The predicted molar refractivity (Wildman–Crippen MR) is 209 cm³/mol. The van der Waals surface area contributed by atoms with Gasteiger partial charge in [0.25, 0.3) is 0 Å². The Hall–Kier alpha value is -4.35. The number of ether oxygens (including phenoxy) is 2. The van der Waals surface area contributed by atoms with Crippen LogP contribution in [0.2, 0.25) is 0 Å². The largest absolute Gasteiger partial charge is 0.494 e. The second-order valence-corrected chi connectivity index (χ2v) is 14.5. The molecule has 4 aromatic carbocycles. The van der Waals surface area contributed by atoms with Gasteiger partial charge < -0.3 is 19.4 Å². The first-order chi connectivity index (χ1) is 24.3. The van der Waals surface area contributed by atoms with Gasteiger partial charge in [0.05, 0.1) is 24.6 Å². The number of nitrogens with one attached hydrogen (secondary N) is 1. The van der Waals surface area contributed by atoms with Crippen LogP contribution >= 0.6 is 0 Å². The second kappa shape index (κ2) is 18.1. The van der Waals surface area contributed by atoms with Crippen LogP contribution in [0, 0.1) is 11.3 Å². The lowest BCUT2D eigenvalue weighted by Crippen LogP contribution is -2.32. The van der Waals surface area contributed by atoms with Gasteiger partial charge in [0.2, 0.25) is 0 Å². The van der Waals surface area contributed by atoms with Crippen molar-refractivity contribution in [3.63, 3.8) is 0 Å². The van der Waals surface area contributed by atoms with Crippen molar-refractivity contribution < 1.29 is 9.47 Å². The van der Waals surface area contributed by atoms with Crippen molar-refractivity contribution in [1.29, 1.82) is 0 Å². The summed E-state index contributed by atoms with van der Waals surface area (Å²) in [7, 11) is 1.99. The van der Waals surface area contributed by atoms with E-state index in [1.54, 1.807) is 0 Å². The highest BCUT2D eigenvalue weighted by Gasteiger charge is 2.22. The molecule has 0 aliphatic heterocycles. The summed E-state index contributed by atoms with van der Waals surface area (Å²) in [5, 5.41) is 3.27. The predicted octanol–water partition coefficient (Wildman–Crippen LogP) is 10.7. The third-order valence-electron chi connectivity index (χ3n) is 9.62. The third-order valence-corrected chi connectivity index (χ3v) is 9.62. The Labute approximate surface area is 301 Å². The quantitative estimate of drug-likeness (QED) is 0.0949. The van der Waals surface area contributed by atoms with Crippen LogP contribution in [-0.4, -0.2) is 36.4 Å². The van der Waals surface area contributed by atoms with Crippen LogP contribution in [-0.2, 0) is 12.8 Å². The molecule has 50 heavy (non-hydrogen) atoms. The van der Waals surface area contributed by atoms with Gasteiger partial charge in [-0.15, -0.1) is 0 Å². The van der Waals surface area contributed by atoms with Crippen molar-refractivity contribution in [3.8, 4) is 28.4 Å². The summed E-state index contributed by atoms with van der Waals surface area (Å²) < 4.78 is 15.0. The molecule has 0 aliphatic rings. The van der Waals surface area contributed by atoms with E-state index >= 15 is 0 Å². The average Bonchev–Trinajstić information content (AvgIpc) is 3.50. The Bertz CT molecular complexity index is 1670. The summed E-state index contributed by atoms with van der Waals surface area (Å²) in [5.74, 6) is 3.73. The van der Waals surface area contributed by atoms with Crippen LogP contribution in [0.3, 0.4) is 0 Å². The fourth-order valence-corrected chi connectivity index (χ4v) is 6.61. The van der Waals surface area contributed by atoms with E-state index in [4.69, 9.17) is 14.5 Å². The topological polar surface area (TPSA) is 48.3 Å². The van der Waals surface area contributed by atoms with E-state index in [-0.39, 0.29) is 11.3 Å². The minimum absolute atomic E-state index is 0.0524. The van der Waals surface area contributed by atoms with Crippen molar-refractivity contribution in [3.05, 3.63) is 132 Å². The molecule has 264 valence electrons. The molecule has 0 amide bonds. The first-order valence-electron chi connectivity index (χ1n) is 18.6. The Kier molecular flexibility index (Phi) is 13.3. The lowest BCUT2D eigenvalue weighted by Gasteiger charge is -2.24. The zero-order chi connectivity index (χ0) is 35.3. The van der Waals surface area contributed by atoms with Crippen LogP contribution in [0.4, 0.5) is 0 Å². The molecule has 1 heterocycles. The van der Waals surface area contributed by atoms with Crippen molar-refractivity contribution in [1.82, 2.24) is 14.9 Å². The lowest BCUT2D eigenvalue weighted by molar-refractivity contribution is 0.179. The minimum Gasteiger partial charge on any atom is -0.494 e. The van der Waals surface area contributed by atoms with Gasteiger partial charge in [-0.1, -0.05) is 108 Å². The molecule has 0 radical (unpaired) electrons. The first-order valence-corrected chi connectivity index (χ1v) is 18.6. The summed E-state index contributed by atoms with van der Waals surface area (Å²) in [6, 6.07) is 38.6. The maximum absolute atomic E-state index is 6.36. The fourth-order valence-electron chi connectivity index (χ4n) is 6.61. The summed E-state index contributed by atoms with van der Waals surface area (Å²) >= 11 is 0.